The van der Waals surface area contributed by atoms with Crippen LogP contribution in [-0.4, -0.2) is 12.6 Å². The molecule has 0 spiro atoms. The Labute approximate surface area is 101 Å². The van der Waals surface area contributed by atoms with Crippen LogP contribution in [0.15, 0.2) is 0 Å². The molecule has 0 aromatic carbocycles. The molecule has 1 N–H and O–H groups in total. The van der Waals surface area contributed by atoms with Crippen molar-refractivity contribution in [2.45, 2.75) is 71.8 Å². The zero-order valence-electron chi connectivity index (χ0n) is 11.4. The van der Waals surface area contributed by atoms with Crippen LogP contribution >= 0.6 is 0 Å². The van der Waals surface area contributed by atoms with Crippen LogP contribution in [0.2, 0.25) is 0 Å². The third kappa shape index (κ3) is 2.61. The molecule has 3 atom stereocenters. The van der Waals surface area contributed by atoms with E-state index in [2.05, 4.69) is 26.1 Å². The van der Waals surface area contributed by atoms with Gasteiger partial charge in [-0.2, -0.15) is 0 Å². The van der Waals surface area contributed by atoms with E-state index in [-0.39, 0.29) is 0 Å². The molecule has 2 saturated carbocycles. The third-order valence-electron chi connectivity index (χ3n) is 5.33. The van der Waals surface area contributed by atoms with Crippen LogP contribution in [0.25, 0.3) is 0 Å². The molecule has 3 unspecified atom stereocenters. The van der Waals surface area contributed by atoms with Crippen molar-refractivity contribution in [3.8, 4) is 0 Å². The summed E-state index contributed by atoms with van der Waals surface area (Å²) in [5, 5.41) is 3.89. The molecule has 1 nitrogen and oxygen atoms in total. The molecule has 2 aliphatic carbocycles. The fraction of sp³-hybridized carbons (Fsp3) is 1.00. The van der Waals surface area contributed by atoms with Gasteiger partial charge in [-0.15, -0.1) is 0 Å². The van der Waals surface area contributed by atoms with Crippen LogP contribution in [0.4, 0.5) is 0 Å². The van der Waals surface area contributed by atoms with E-state index in [1.54, 1.807) is 0 Å². The van der Waals surface area contributed by atoms with Crippen LogP contribution in [0.3, 0.4) is 0 Å². The Balaban J connectivity index is 1.77. The van der Waals surface area contributed by atoms with Gasteiger partial charge in [0, 0.05) is 12.6 Å². The van der Waals surface area contributed by atoms with Crippen LogP contribution in [-0.2, 0) is 0 Å². The molecule has 0 saturated heterocycles. The van der Waals surface area contributed by atoms with Gasteiger partial charge in [-0.1, -0.05) is 27.2 Å². The highest BCUT2D eigenvalue weighted by Crippen LogP contribution is 2.43. The van der Waals surface area contributed by atoms with Crippen molar-refractivity contribution < 1.29 is 0 Å². The summed E-state index contributed by atoms with van der Waals surface area (Å²) in [6, 6.07) is 0.806. The summed E-state index contributed by atoms with van der Waals surface area (Å²) in [6.45, 7) is 8.50. The fourth-order valence-electron chi connectivity index (χ4n) is 3.65. The summed E-state index contributed by atoms with van der Waals surface area (Å²) in [5.41, 5.74) is 0.683. The highest BCUT2D eigenvalue weighted by molar-refractivity contribution is 4.91. The normalized spacial score (nSPS) is 38.1. The van der Waals surface area contributed by atoms with E-state index in [0.717, 1.165) is 17.9 Å². The molecule has 16 heavy (non-hydrogen) atoms. The van der Waals surface area contributed by atoms with Crippen molar-refractivity contribution in [1.29, 1.82) is 0 Å². The van der Waals surface area contributed by atoms with E-state index in [0.29, 0.717) is 5.41 Å². The molecule has 0 aromatic rings. The number of hydrogen-bond donors (Lipinski definition) is 1. The molecule has 0 aromatic heterocycles. The van der Waals surface area contributed by atoms with E-state index in [4.69, 9.17) is 0 Å². The van der Waals surface area contributed by atoms with E-state index in [9.17, 15) is 0 Å². The predicted molar refractivity (Wildman–Crippen MR) is 70.5 cm³/mol. The van der Waals surface area contributed by atoms with Crippen molar-refractivity contribution in [3.63, 3.8) is 0 Å². The van der Waals surface area contributed by atoms with Gasteiger partial charge in [0.15, 0.2) is 0 Å². The average molecular weight is 223 g/mol. The van der Waals surface area contributed by atoms with Crippen molar-refractivity contribution in [2.75, 3.05) is 6.54 Å². The summed E-state index contributed by atoms with van der Waals surface area (Å²) in [4.78, 5) is 0. The summed E-state index contributed by atoms with van der Waals surface area (Å²) in [5.74, 6) is 1.84. The second kappa shape index (κ2) is 5.08. The standard InChI is InChI=1S/C15H29N/c1-4-15(8-5-9-15)11-16-14-7-6-12(2)10-13(14)3/h12-14,16H,4-11H2,1-3H3. The Hall–Kier alpha value is -0.0400. The van der Waals surface area contributed by atoms with Gasteiger partial charge >= 0.3 is 0 Å². The number of hydrogen-bond acceptors (Lipinski definition) is 1. The van der Waals surface area contributed by atoms with Crippen LogP contribution in [0, 0.1) is 17.3 Å². The van der Waals surface area contributed by atoms with Gasteiger partial charge in [-0.25, -0.2) is 0 Å². The van der Waals surface area contributed by atoms with Gasteiger partial charge in [0.1, 0.15) is 0 Å². The van der Waals surface area contributed by atoms with Gasteiger partial charge < -0.3 is 5.32 Å². The minimum Gasteiger partial charge on any atom is -0.313 e. The number of nitrogens with one attached hydrogen (secondary N) is 1. The Morgan fingerprint density at radius 1 is 1.19 bits per heavy atom. The highest BCUT2D eigenvalue weighted by Gasteiger charge is 2.36. The fourth-order valence-corrected chi connectivity index (χ4v) is 3.65. The maximum absolute atomic E-state index is 3.89. The first-order valence-electron chi connectivity index (χ1n) is 7.38. The molecule has 94 valence electrons. The average Bonchev–Trinajstić information content (AvgIpc) is 2.19. The first-order chi connectivity index (χ1) is 7.65. The molecule has 0 aliphatic heterocycles. The van der Waals surface area contributed by atoms with Gasteiger partial charge in [-0.05, 0) is 55.8 Å². The summed E-state index contributed by atoms with van der Waals surface area (Å²) < 4.78 is 0. The lowest BCUT2D eigenvalue weighted by atomic mass is 9.66. The van der Waals surface area contributed by atoms with Crippen molar-refractivity contribution in [1.82, 2.24) is 5.32 Å². The molecule has 2 fully saturated rings. The zero-order valence-corrected chi connectivity index (χ0v) is 11.4. The molecular weight excluding hydrogens is 194 g/mol. The molecule has 2 aliphatic rings. The van der Waals surface area contributed by atoms with Gasteiger partial charge in [0.25, 0.3) is 0 Å². The highest BCUT2D eigenvalue weighted by atomic mass is 14.9. The smallest absolute Gasteiger partial charge is 0.00931 e. The van der Waals surface area contributed by atoms with E-state index in [1.165, 1.54) is 51.5 Å². The second-order valence-corrected chi connectivity index (χ2v) is 6.59. The van der Waals surface area contributed by atoms with Crippen LogP contribution < -0.4 is 5.32 Å². The number of rotatable bonds is 4. The van der Waals surface area contributed by atoms with E-state index in [1.807, 2.05) is 0 Å². The lowest BCUT2D eigenvalue weighted by Crippen LogP contribution is -2.47. The van der Waals surface area contributed by atoms with Gasteiger partial charge in [0.2, 0.25) is 0 Å². The molecule has 0 amide bonds. The molecule has 1 heteroatoms. The first kappa shape index (κ1) is 12.4. The molecule has 2 rings (SSSR count). The largest absolute Gasteiger partial charge is 0.313 e. The van der Waals surface area contributed by atoms with Crippen LogP contribution in [0.1, 0.15) is 65.7 Å². The van der Waals surface area contributed by atoms with Crippen molar-refractivity contribution >= 4 is 0 Å². The topological polar surface area (TPSA) is 12.0 Å². The Morgan fingerprint density at radius 2 is 1.94 bits per heavy atom. The Morgan fingerprint density at radius 3 is 2.44 bits per heavy atom. The maximum atomic E-state index is 3.89. The monoisotopic (exact) mass is 223 g/mol. The lowest BCUT2D eigenvalue weighted by Gasteiger charge is -2.44. The van der Waals surface area contributed by atoms with E-state index < -0.39 is 0 Å². The third-order valence-corrected chi connectivity index (χ3v) is 5.33. The summed E-state index contributed by atoms with van der Waals surface area (Å²) >= 11 is 0. The Bertz CT molecular complexity index is 214. The van der Waals surface area contributed by atoms with Gasteiger partial charge in [0.05, 0.1) is 0 Å². The summed E-state index contributed by atoms with van der Waals surface area (Å²) in [7, 11) is 0. The molecule has 0 bridgehead atoms. The molecular formula is C15H29N. The summed E-state index contributed by atoms with van der Waals surface area (Å²) in [6.07, 6.45) is 10.0. The first-order valence-corrected chi connectivity index (χ1v) is 7.38. The SMILES string of the molecule is CCC1(CNC2CCC(C)CC2C)CCC1. The molecule has 0 heterocycles. The Kier molecular flexibility index (Phi) is 3.94. The van der Waals surface area contributed by atoms with Crippen molar-refractivity contribution in [2.24, 2.45) is 17.3 Å². The second-order valence-electron chi connectivity index (χ2n) is 6.59. The maximum Gasteiger partial charge on any atom is 0.00931 e. The van der Waals surface area contributed by atoms with E-state index >= 15 is 0 Å². The lowest BCUT2D eigenvalue weighted by molar-refractivity contribution is 0.106. The minimum atomic E-state index is 0.683. The minimum absolute atomic E-state index is 0.683. The molecule has 0 radical (unpaired) electrons. The predicted octanol–water partition coefficient (Wildman–Crippen LogP) is 3.98. The quantitative estimate of drug-likeness (QED) is 0.760. The van der Waals surface area contributed by atoms with Crippen molar-refractivity contribution in [3.05, 3.63) is 0 Å². The zero-order chi connectivity index (χ0) is 11.6. The van der Waals surface area contributed by atoms with Crippen LogP contribution in [0.5, 0.6) is 0 Å². The van der Waals surface area contributed by atoms with Gasteiger partial charge in [-0.3, -0.25) is 0 Å².